The normalized spacial score (nSPS) is 16.9. The van der Waals surface area contributed by atoms with E-state index in [1.54, 1.807) is 6.07 Å². The zero-order chi connectivity index (χ0) is 26.1. The zero-order valence-corrected chi connectivity index (χ0v) is 20.3. The smallest absolute Gasteiger partial charge is 0.369 e. The summed E-state index contributed by atoms with van der Waals surface area (Å²) in [6, 6.07) is 7.72. The number of aromatic nitrogens is 2. The molecule has 4 rings (SSSR count). The molecule has 0 saturated heterocycles. The molecule has 0 amide bonds. The molecule has 0 fully saturated rings. The number of pyridine rings is 1. The van der Waals surface area contributed by atoms with E-state index in [9.17, 15) is 26.3 Å². The minimum atomic E-state index is -4.68. The van der Waals surface area contributed by atoms with Crippen molar-refractivity contribution in [2.45, 2.75) is 31.2 Å². The monoisotopic (exact) mass is 553 g/mol. The molecule has 0 aliphatic carbocycles. The summed E-state index contributed by atoms with van der Waals surface area (Å²) in [5, 5.41) is 6.86. The van der Waals surface area contributed by atoms with Gasteiger partial charge in [0, 0.05) is 54.3 Å². The Hall–Kier alpha value is -2.21. The highest BCUT2D eigenvalue weighted by atomic mass is 35.5. The molecule has 1 aliphatic rings. The highest BCUT2D eigenvalue weighted by Crippen LogP contribution is 2.36. The van der Waals surface area contributed by atoms with E-state index < -0.39 is 29.5 Å². The Morgan fingerprint density at radius 1 is 1.06 bits per heavy atom. The average Bonchev–Trinajstić information content (AvgIpc) is 3.15. The lowest BCUT2D eigenvalue weighted by Crippen LogP contribution is -2.43. The summed E-state index contributed by atoms with van der Waals surface area (Å²) in [6.45, 7) is 1.35. The van der Waals surface area contributed by atoms with Crippen LogP contribution in [0.5, 0.6) is 0 Å². The van der Waals surface area contributed by atoms with Crippen LogP contribution < -0.4 is 10.6 Å². The molecule has 0 saturated carbocycles. The van der Waals surface area contributed by atoms with Gasteiger partial charge in [-0.25, -0.2) is 4.98 Å². The van der Waals surface area contributed by atoms with Gasteiger partial charge in [-0.1, -0.05) is 23.2 Å². The summed E-state index contributed by atoms with van der Waals surface area (Å²) in [5.41, 5.74) is 1.67. The molecule has 1 aliphatic heterocycles. The quantitative estimate of drug-likeness (QED) is 0.222. The fourth-order valence-electron chi connectivity index (χ4n) is 4.42. The number of nitrogens with zero attached hydrogens (tertiary/aromatic N) is 2. The van der Waals surface area contributed by atoms with Crippen molar-refractivity contribution in [1.29, 1.82) is 0 Å². The van der Waals surface area contributed by atoms with Crippen molar-refractivity contribution in [3.63, 3.8) is 0 Å². The molecule has 0 spiro atoms. The first-order valence-corrected chi connectivity index (χ1v) is 12.0. The van der Waals surface area contributed by atoms with E-state index >= 15 is 0 Å². The number of hydrogen-bond acceptors (Lipinski definition) is 4. The highest BCUT2D eigenvalue weighted by molar-refractivity contribution is 6.31. The Bertz CT molecular complexity index is 1210. The zero-order valence-electron chi connectivity index (χ0n) is 18.8. The van der Waals surface area contributed by atoms with Crippen LogP contribution in [0.4, 0.5) is 32.2 Å². The first-order chi connectivity index (χ1) is 16.9. The molecule has 196 valence electrons. The van der Waals surface area contributed by atoms with Crippen LogP contribution in [-0.4, -0.2) is 53.8 Å². The van der Waals surface area contributed by atoms with Gasteiger partial charge in [0.1, 0.15) is 5.82 Å². The first-order valence-electron chi connectivity index (χ1n) is 11.2. The molecule has 0 radical (unpaired) electrons. The van der Waals surface area contributed by atoms with Crippen LogP contribution in [-0.2, 0) is 12.6 Å². The fraction of sp³-hybridized carbons (Fsp3) is 0.435. The SMILES string of the molecule is FC(F)(F)CCNCC1c2[nH]c3ccc(Cl)cc3c2CCN1CCNc1ccc(Cl)c(C(F)(F)F)n1. The van der Waals surface area contributed by atoms with Gasteiger partial charge in [-0.05, 0) is 42.3 Å². The lowest BCUT2D eigenvalue weighted by molar-refractivity contribution is -0.141. The number of anilines is 1. The number of aromatic amines is 1. The molecule has 36 heavy (non-hydrogen) atoms. The number of alkyl halides is 6. The Labute approximate surface area is 213 Å². The third-order valence-electron chi connectivity index (χ3n) is 6.07. The van der Waals surface area contributed by atoms with Crippen LogP contribution in [0.3, 0.4) is 0 Å². The van der Waals surface area contributed by atoms with Gasteiger partial charge in [0.2, 0.25) is 0 Å². The molecule has 3 heterocycles. The van der Waals surface area contributed by atoms with Crippen molar-refractivity contribution < 1.29 is 26.3 Å². The fourth-order valence-corrected chi connectivity index (χ4v) is 4.81. The summed E-state index contributed by atoms with van der Waals surface area (Å²) in [4.78, 5) is 9.04. The maximum Gasteiger partial charge on any atom is 0.434 e. The van der Waals surface area contributed by atoms with Crippen molar-refractivity contribution in [2.75, 3.05) is 38.0 Å². The van der Waals surface area contributed by atoms with Crippen LogP contribution in [0.2, 0.25) is 10.0 Å². The number of rotatable bonds is 8. The summed E-state index contributed by atoms with van der Waals surface area (Å²) in [5.74, 6) is 0.0320. The topological polar surface area (TPSA) is 56.0 Å². The molecule has 1 atom stereocenters. The number of fused-ring (bicyclic) bond motifs is 3. The van der Waals surface area contributed by atoms with Crippen molar-refractivity contribution in [3.05, 3.63) is 57.3 Å². The first kappa shape index (κ1) is 26.8. The molecule has 3 N–H and O–H groups in total. The predicted molar refractivity (Wildman–Crippen MR) is 128 cm³/mol. The Morgan fingerprint density at radius 2 is 1.83 bits per heavy atom. The van der Waals surface area contributed by atoms with E-state index in [0.29, 0.717) is 24.5 Å². The summed E-state index contributed by atoms with van der Waals surface area (Å²) in [6.07, 6.45) is -9.19. The van der Waals surface area contributed by atoms with Gasteiger partial charge in [-0.15, -0.1) is 0 Å². The standard InChI is InChI=1S/C23H23Cl2F6N5/c24-13-1-3-17-15(11-13)14-5-9-36(18(20(14)34-17)12-32-7-6-22(26,27)28)10-8-33-19-4-2-16(25)21(35-19)23(29,30)31/h1-4,11,18,32,34H,5-10,12H2,(H,33,35). The second-order valence-corrected chi connectivity index (χ2v) is 9.37. The second-order valence-electron chi connectivity index (χ2n) is 8.53. The molecule has 1 unspecified atom stereocenters. The van der Waals surface area contributed by atoms with Crippen molar-refractivity contribution in [2.24, 2.45) is 0 Å². The Balaban J connectivity index is 1.49. The average molecular weight is 554 g/mol. The van der Waals surface area contributed by atoms with Gasteiger partial charge in [0.15, 0.2) is 5.69 Å². The molecule has 2 aromatic heterocycles. The number of halogens is 8. The van der Waals surface area contributed by atoms with Crippen LogP contribution in [0.1, 0.15) is 29.4 Å². The van der Waals surface area contributed by atoms with E-state index in [1.165, 1.54) is 6.07 Å². The van der Waals surface area contributed by atoms with E-state index in [4.69, 9.17) is 23.2 Å². The summed E-state index contributed by atoms with van der Waals surface area (Å²) < 4.78 is 77.1. The van der Waals surface area contributed by atoms with Crippen LogP contribution >= 0.6 is 23.2 Å². The van der Waals surface area contributed by atoms with Gasteiger partial charge in [-0.2, -0.15) is 26.3 Å². The van der Waals surface area contributed by atoms with E-state index in [2.05, 4.69) is 25.5 Å². The van der Waals surface area contributed by atoms with Gasteiger partial charge in [-0.3, -0.25) is 4.90 Å². The maximum atomic E-state index is 13.1. The minimum absolute atomic E-state index is 0.0320. The molecule has 5 nitrogen and oxygen atoms in total. The number of H-pyrrole nitrogens is 1. The second kappa shape index (κ2) is 10.6. The number of benzene rings is 1. The maximum absolute atomic E-state index is 13.1. The molecular weight excluding hydrogens is 531 g/mol. The van der Waals surface area contributed by atoms with Crippen molar-refractivity contribution >= 4 is 39.9 Å². The van der Waals surface area contributed by atoms with E-state index in [-0.39, 0.29) is 31.5 Å². The third kappa shape index (κ3) is 6.37. The minimum Gasteiger partial charge on any atom is -0.369 e. The van der Waals surface area contributed by atoms with Gasteiger partial charge in [0.05, 0.1) is 17.5 Å². The molecular formula is C23H23Cl2F6N5. The number of hydrogen-bond donors (Lipinski definition) is 3. The molecule has 3 aromatic rings. The molecule has 1 aromatic carbocycles. The Morgan fingerprint density at radius 3 is 2.56 bits per heavy atom. The molecule has 13 heteroatoms. The third-order valence-corrected chi connectivity index (χ3v) is 6.61. The van der Waals surface area contributed by atoms with Gasteiger partial charge < -0.3 is 15.6 Å². The Kier molecular flexibility index (Phi) is 7.94. The van der Waals surface area contributed by atoms with Crippen LogP contribution in [0.15, 0.2) is 30.3 Å². The van der Waals surface area contributed by atoms with Crippen molar-refractivity contribution in [3.8, 4) is 0 Å². The predicted octanol–water partition coefficient (Wildman–Crippen LogP) is 6.44. The van der Waals surface area contributed by atoms with Crippen LogP contribution in [0, 0.1) is 0 Å². The van der Waals surface area contributed by atoms with Gasteiger partial charge in [0.25, 0.3) is 0 Å². The van der Waals surface area contributed by atoms with Crippen LogP contribution in [0.25, 0.3) is 10.9 Å². The van der Waals surface area contributed by atoms with E-state index in [1.807, 2.05) is 12.1 Å². The van der Waals surface area contributed by atoms with Gasteiger partial charge >= 0.3 is 12.4 Å². The largest absolute Gasteiger partial charge is 0.434 e. The lowest BCUT2D eigenvalue weighted by atomic mass is 9.97. The summed E-state index contributed by atoms with van der Waals surface area (Å²) in [7, 11) is 0. The highest BCUT2D eigenvalue weighted by Gasteiger charge is 2.36. The van der Waals surface area contributed by atoms with E-state index in [0.717, 1.165) is 28.2 Å². The summed E-state index contributed by atoms with van der Waals surface area (Å²) >= 11 is 11.8. The van der Waals surface area contributed by atoms with Crippen molar-refractivity contribution in [1.82, 2.24) is 20.2 Å². The number of nitrogens with one attached hydrogen (secondary N) is 3. The lowest BCUT2D eigenvalue weighted by Gasteiger charge is -2.36. The molecule has 0 bridgehead atoms.